The average molecular weight is 208 g/mol. The number of likely N-dealkylation sites (N-methyl/N-ethyl adjacent to an activating group) is 2. The number of carboxylic acids is 1. The molecule has 5 nitrogen and oxygen atoms in total. The molecule has 0 aromatic carbocycles. The van der Waals surface area contributed by atoms with Crippen molar-refractivity contribution >= 4 is 12.0 Å². The second-order valence-electron chi connectivity index (χ2n) is 2.66. The third-order valence-electron chi connectivity index (χ3n) is 1.58. The summed E-state index contributed by atoms with van der Waals surface area (Å²) in [4.78, 5) is 19.5. The Morgan fingerprint density at radius 3 is 1.50 bits per heavy atom. The summed E-state index contributed by atoms with van der Waals surface area (Å²) in [5.41, 5.74) is 0. The Bertz CT molecular complexity index is 167. The average Bonchev–Trinajstić information content (AvgIpc) is 2.15. The van der Waals surface area contributed by atoms with Crippen LogP contribution in [0.2, 0.25) is 0 Å². The monoisotopic (exact) mass is 208 g/mol. The van der Waals surface area contributed by atoms with E-state index in [1.54, 1.807) is 14.0 Å². The van der Waals surface area contributed by atoms with Gasteiger partial charge in [0.1, 0.15) is 6.04 Å². The highest BCUT2D eigenvalue weighted by atomic mass is 19.1. The molecular formula is C8H17FN2O3. The SMILES string of the molecule is CN[C@@H](C)C(=O)F.CN[C@@H](C)C(=O)O. The number of hydrogen-bond donors (Lipinski definition) is 3. The maximum Gasteiger partial charge on any atom is 0.320 e. The van der Waals surface area contributed by atoms with Gasteiger partial charge in [-0.25, -0.2) is 0 Å². The van der Waals surface area contributed by atoms with Crippen molar-refractivity contribution < 1.29 is 19.1 Å². The maximum absolute atomic E-state index is 11.4. The number of nitrogens with one attached hydrogen (secondary N) is 2. The summed E-state index contributed by atoms with van der Waals surface area (Å²) in [5.74, 6) is -0.817. The minimum atomic E-state index is -1.32. The Labute approximate surface area is 82.7 Å². The predicted molar refractivity (Wildman–Crippen MR) is 50.8 cm³/mol. The maximum atomic E-state index is 11.4. The Balaban J connectivity index is 0. The minimum absolute atomic E-state index is 0.431. The molecule has 0 aliphatic carbocycles. The standard InChI is InChI=1S/C4H8FNO.C4H9NO2/c1-3(6-2)4(5)7;1-3(5-2)4(6)7/h3,6H,1-2H3;3,5H,1-2H3,(H,6,7)/t2*3-/m00/s1. The molecule has 0 aromatic heterocycles. The fourth-order valence-corrected chi connectivity index (χ4v) is 0.237. The van der Waals surface area contributed by atoms with E-state index in [0.29, 0.717) is 0 Å². The first-order valence-electron chi connectivity index (χ1n) is 4.13. The van der Waals surface area contributed by atoms with E-state index >= 15 is 0 Å². The number of carbonyl (C=O) groups excluding carboxylic acids is 1. The highest BCUT2D eigenvalue weighted by Crippen LogP contribution is 1.81. The lowest BCUT2D eigenvalue weighted by molar-refractivity contribution is -0.138. The van der Waals surface area contributed by atoms with Crippen molar-refractivity contribution in [3.63, 3.8) is 0 Å². The molecular weight excluding hydrogens is 191 g/mol. The van der Waals surface area contributed by atoms with E-state index in [1.165, 1.54) is 14.0 Å². The molecule has 0 unspecified atom stereocenters. The molecule has 0 saturated carbocycles. The molecule has 0 saturated heterocycles. The van der Waals surface area contributed by atoms with Crippen LogP contribution in [0.15, 0.2) is 0 Å². The number of carbonyl (C=O) groups is 2. The van der Waals surface area contributed by atoms with Gasteiger partial charge in [-0.1, -0.05) is 0 Å². The molecule has 6 heteroatoms. The van der Waals surface area contributed by atoms with Gasteiger partial charge in [0.2, 0.25) is 0 Å². The van der Waals surface area contributed by atoms with Crippen LogP contribution in [-0.4, -0.2) is 43.3 Å². The zero-order chi connectivity index (χ0) is 11.7. The van der Waals surface area contributed by atoms with Crippen LogP contribution in [0.4, 0.5) is 4.39 Å². The largest absolute Gasteiger partial charge is 0.480 e. The fourth-order valence-electron chi connectivity index (χ4n) is 0.237. The molecule has 84 valence electrons. The minimum Gasteiger partial charge on any atom is -0.480 e. The van der Waals surface area contributed by atoms with Gasteiger partial charge in [0.05, 0.1) is 6.04 Å². The van der Waals surface area contributed by atoms with E-state index in [9.17, 15) is 14.0 Å². The van der Waals surface area contributed by atoms with Crippen molar-refractivity contribution in [3.8, 4) is 0 Å². The molecule has 0 rings (SSSR count). The van der Waals surface area contributed by atoms with Gasteiger partial charge < -0.3 is 15.7 Å². The van der Waals surface area contributed by atoms with Crippen molar-refractivity contribution in [2.45, 2.75) is 25.9 Å². The van der Waals surface area contributed by atoms with Gasteiger partial charge >= 0.3 is 12.0 Å². The third kappa shape index (κ3) is 9.08. The Hall–Kier alpha value is -1.01. The van der Waals surface area contributed by atoms with Gasteiger partial charge in [-0.2, -0.15) is 4.39 Å². The summed E-state index contributed by atoms with van der Waals surface area (Å²) in [7, 11) is 3.14. The summed E-state index contributed by atoms with van der Waals surface area (Å²) >= 11 is 0. The van der Waals surface area contributed by atoms with Crippen LogP contribution in [0.25, 0.3) is 0 Å². The highest BCUT2D eigenvalue weighted by Gasteiger charge is 2.05. The van der Waals surface area contributed by atoms with E-state index in [0.717, 1.165) is 0 Å². The summed E-state index contributed by atoms with van der Waals surface area (Å²) in [5, 5.41) is 13.1. The van der Waals surface area contributed by atoms with Crippen molar-refractivity contribution in [1.82, 2.24) is 10.6 Å². The number of hydrogen-bond acceptors (Lipinski definition) is 4. The first-order chi connectivity index (χ1) is 6.36. The van der Waals surface area contributed by atoms with Crippen molar-refractivity contribution in [1.29, 1.82) is 0 Å². The second-order valence-corrected chi connectivity index (χ2v) is 2.66. The summed E-state index contributed by atoms with van der Waals surface area (Å²) in [6, 6.07) is -2.40. The Kier molecular flexibility index (Phi) is 9.48. The lowest BCUT2D eigenvalue weighted by Gasteiger charge is -1.99. The lowest BCUT2D eigenvalue weighted by Crippen LogP contribution is -2.29. The molecule has 0 amide bonds. The smallest absolute Gasteiger partial charge is 0.320 e. The van der Waals surface area contributed by atoms with Crippen molar-refractivity contribution in [3.05, 3.63) is 0 Å². The topological polar surface area (TPSA) is 78.4 Å². The fraction of sp³-hybridized carbons (Fsp3) is 0.750. The first kappa shape index (κ1) is 15.5. The zero-order valence-corrected chi connectivity index (χ0v) is 8.80. The van der Waals surface area contributed by atoms with E-state index in [1.807, 2.05) is 0 Å². The van der Waals surface area contributed by atoms with Gasteiger partial charge in [-0.05, 0) is 27.9 Å². The van der Waals surface area contributed by atoms with Gasteiger partial charge in [0, 0.05) is 0 Å². The molecule has 0 spiro atoms. The molecule has 0 aliphatic rings. The summed E-state index contributed by atoms with van der Waals surface area (Å²) < 4.78 is 11.4. The van der Waals surface area contributed by atoms with Crippen LogP contribution in [0.1, 0.15) is 13.8 Å². The molecule has 0 aliphatic heterocycles. The number of aliphatic carboxylic acids is 1. The molecule has 14 heavy (non-hydrogen) atoms. The van der Waals surface area contributed by atoms with E-state index in [4.69, 9.17) is 5.11 Å². The second kappa shape index (κ2) is 8.58. The molecule has 0 bridgehead atoms. The number of rotatable bonds is 4. The molecule has 3 N–H and O–H groups in total. The summed E-state index contributed by atoms with van der Waals surface area (Å²) in [6.45, 7) is 3.05. The quantitative estimate of drug-likeness (QED) is 0.556. The van der Waals surface area contributed by atoms with Crippen molar-refractivity contribution in [2.75, 3.05) is 14.1 Å². The van der Waals surface area contributed by atoms with Crippen LogP contribution >= 0.6 is 0 Å². The van der Waals surface area contributed by atoms with Gasteiger partial charge in [-0.15, -0.1) is 0 Å². The summed E-state index contributed by atoms with van der Waals surface area (Å²) in [6.07, 6.45) is 0. The number of carboxylic acid groups (broad SMARTS) is 1. The van der Waals surface area contributed by atoms with Crippen LogP contribution < -0.4 is 10.6 Å². The van der Waals surface area contributed by atoms with Gasteiger partial charge in [0.25, 0.3) is 0 Å². The Morgan fingerprint density at radius 1 is 1.14 bits per heavy atom. The normalized spacial score (nSPS) is 13.5. The Morgan fingerprint density at radius 2 is 1.50 bits per heavy atom. The molecule has 0 fully saturated rings. The molecule has 0 heterocycles. The number of halogens is 1. The van der Waals surface area contributed by atoms with Gasteiger partial charge in [0.15, 0.2) is 0 Å². The molecule has 2 atom stereocenters. The zero-order valence-electron chi connectivity index (χ0n) is 8.80. The van der Waals surface area contributed by atoms with E-state index in [2.05, 4.69) is 10.6 Å². The van der Waals surface area contributed by atoms with Crippen LogP contribution in [-0.2, 0) is 9.59 Å². The van der Waals surface area contributed by atoms with E-state index in [-0.39, 0.29) is 0 Å². The third-order valence-corrected chi connectivity index (χ3v) is 1.58. The molecule has 0 radical (unpaired) electrons. The van der Waals surface area contributed by atoms with Gasteiger partial charge in [-0.3, -0.25) is 9.59 Å². The predicted octanol–water partition coefficient (Wildman–Crippen LogP) is -0.231. The van der Waals surface area contributed by atoms with Crippen molar-refractivity contribution in [2.24, 2.45) is 0 Å². The highest BCUT2D eigenvalue weighted by molar-refractivity contribution is 5.73. The van der Waals surface area contributed by atoms with Crippen LogP contribution in [0.5, 0.6) is 0 Å². The lowest BCUT2D eigenvalue weighted by atomic mass is 10.4. The van der Waals surface area contributed by atoms with Crippen LogP contribution in [0.3, 0.4) is 0 Å². The molecule has 0 aromatic rings. The first-order valence-corrected chi connectivity index (χ1v) is 4.13. The van der Waals surface area contributed by atoms with E-state index < -0.39 is 24.1 Å². The van der Waals surface area contributed by atoms with Crippen LogP contribution in [0, 0.1) is 0 Å².